The summed E-state index contributed by atoms with van der Waals surface area (Å²) in [6.07, 6.45) is 9.77. The summed E-state index contributed by atoms with van der Waals surface area (Å²) in [6, 6.07) is 4.32. The topological polar surface area (TPSA) is 62.9 Å². The summed E-state index contributed by atoms with van der Waals surface area (Å²) in [7, 11) is 1.60. The van der Waals surface area contributed by atoms with E-state index in [1.807, 2.05) is 12.1 Å². The molecule has 5 nitrogen and oxygen atoms in total. The second kappa shape index (κ2) is 7.45. The van der Waals surface area contributed by atoms with E-state index < -0.39 is 0 Å². The number of fused-ring (bicyclic) bond motifs is 1. The van der Waals surface area contributed by atoms with Crippen molar-refractivity contribution in [1.82, 2.24) is 4.90 Å². The highest BCUT2D eigenvalue weighted by Crippen LogP contribution is 2.60. The van der Waals surface area contributed by atoms with Gasteiger partial charge in [-0.05, 0) is 68.0 Å². The van der Waals surface area contributed by atoms with Gasteiger partial charge in [-0.1, -0.05) is 13.3 Å². The number of hydrogen-bond donors (Lipinski definition) is 1. The van der Waals surface area contributed by atoms with Gasteiger partial charge in [0, 0.05) is 35.4 Å². The standard InChI is InChI=1S/C25H31NO4/c1-3-4-9-26-10-8-25-14-17(27)5-6-20(25)21(26)12-19-18(16-7-11-30-15-16)13-22(29-2)24(28)23(19)25/h7,11,13,15,20-21,28H,3-6,8-10,12,14H2,1-2H3/t20?,21?,25-/m1/s1. The minimum atomic E-state index is -0.284. The number of nitrogens with zero attached hydrogens (tertiary/aromatic N) is 1. The Bertz CT molecular complexity index is 951. The Morgan fingerprint density at radius 2 is 2.27 bits per heavy atom. The fraction of sp³-hybridized carbons (Fsp3) is 0.560. The average molecular weight is 410 g/mol. The molecule has 0 amide bonds. The van der Waals surface area contributed by atoms with E-state index >= 15 is 0 Å². The van der Waals surface area contributed by atoms with Crippen molar-refractivity contribution in [2.45, 2.75) is 63.3 Å². The molecule has 1 saturated heterocycles. The summed E-state index contributed by atoms with van der Waals surface area (Å²) in [5.74, 6) is 1.46. The van der Waals surface area contributed by atoms with Crippen LogP contribution < -0.4 is 4.74 Å². The number of piperidine rings is 1. The second-order valence-corrected chi connectivity index (χ2v) is 9.27. The van der Waals surface area contributed by atoms with E-state index in [9.17, 15) is 9.90 Å². The lowest BCUT2D eigenvalue weighted by molar-refractivity contribution is -0.127. The van der Waals surface area contributed by atoms with Crippen molar-refractivity contribution in [1.29, 1.82) is 0 Å². The fourth-order valence-corrected chi connectivity index (χ4v) is 6.55. The molecule has 3 aliphatic rings. The minimum Gasteiger partial charge on any atom is -0.504 e. The molecule has 30 heavy (non-hydrogen) atoms. The number of phenols is 1. The van der Waals surface area contributed by atoms with Crippen LogP contribution in [-0.4, -0.2) is 42.0 Å². The zero-order valence-electron chi connectivity index (χ0n) is 17.9. The van der Waals surface area contributed by atoms with Crippen LogP contribution in [0.2, 0.25) is 0 Å². The molecule has 2 fully saturated rings. The third kappa shape index (κ3) is 2.82. The Labute approximate surface area is 178 Å². The highest BCUT2D eigenvalue weighted by atomic mass is 16.5. The number of carbonyl (C=O) groups is 1. The first-order valence-electron chi connectivity index (χ1n) is 11.3. The Morgan fingerprint density at radius 3 is 3.00 bits per heavy atom. The molecule has 1 N–H and O–H groups in total. The smallest absolute Gasteiger partial charge is 0.161 e. The van der Waals surface area contributed by atoms with Crippen molar-refractivity contribution < 1.29 is 19.1 Å². The number of carbonyl (C=O) groups excluding carboxylic acids is 1. The molecule has 2 aromatic rings. The van der Waals surface area contributed by atoms with Gasteiger partial charge < -0.3 is 14.3 Å². The summed E-state index contributed by atoms with van der Waals surface area (Å²) in [5, 5.41) is 11.3. The largest absolute Gasteiger partial charge is 0.504 e. The van der Waals surface area contributed by atoms with Gasteiger partial charge in [0.1, 0.15) is 5.78 Å². The van der Waals surface area contributed by atoms with Crippen molar-refractivity contribution >= 4 is 5.78 Å². The average Bonchev–Trinajstić information content (AvgIpc) is 3.27. The first kappa shape index (κ1) is 19.7. The molecule has 3 atom stereocenters. The van der Waals surface area contributed by atoms with Crippen molar-refractivity contribution in [3.05, 3.63) is 35.8 Å². The molecular weight excluding hydrogens is 378 g/mol. The third-order valence-corrected chi connectivity index (χ3v) is 7.87. The van der Waals surface area contributed by atoms with Crippen LogP contribution in [-0.2, 0) is 16.6 Å². The number of phenolic OH excluding ortho intramolecular Hbond substituents is 1. The van der Waals surface area contributed by atoms with Crippen LogP contribution in [0.3, 0.4) is 0 Å². The number of unbranched alkanes of at least 4 members (excludes halogenated alkanes) is 1. The molecule has 1 aromatic heterocycles. The van der Waals surface area contributed by atoms with Gasteiger partial charge in [-0.3, -0.25) is 9.69 Å². The Hall–Kier alpha value is -2.27. The van der Waals surface area contributed by atoms with Gasteiger partial charge in [0.25, 0.3) is 0 Å². The highest BCUT2D eigenvalue weighted by molar-refractivity contribution is 5.83. The SMILES string of the molecule is CCCCN1CC[C@@]23CC(=O)CCC2C1Cc1c(-c2ccoc2)cc(OC)c(O)c13. The molecule has 2 heterocycles. The number of methoxy groups -OCH3 is 1. The van der Waals surface area contributed by atoms with Gasteiger partial charge in [-0.15, -0.1) is 0 Å². The van der Waals surface area contributed by atoms with Crippen molar-refractivity contribution in [2.24, 2.45) is 5.92 Å². The summed E-state index contributed by atoms with van der Waals surface area (Å²) < 4.78 is 11.0. The van der Waals surface area contributed by atoms with Crippen molar-refractivity contribution in [3.63, 3.8) is 0 Å². The van der Waals surface area contributed by atoms with Crippen LogP contribution >= 0.6 is 0 Å². The van der Waals surface area contributed by atoms with Gasteiger partial charge in [-0.25, -0.2) is 0 Å². The number of Topliss-reactive ketones (excluding diaryl/α,β-unsaturated/α-hetero) is 1. The van der Waals surface area contributed by atoms with Gasteiger partial charge in [0.15, 0.2) is 11.5 Å². The minimum absolute atomic E-state index is 0.236. The van der Waals surface area contributed by atoms with Crippen LogP contribution in [0.5, 0.6) is 11.5 Å². The monoisotopic (exact) mass is 409 g/mol. The van der Waals surface area contributed by atoms with Gasteiger partial charge in [0.2, 0.25) is 0 Å². The zero-order chi connectivity index (χ0) is 20.9. The lowest BCUT2D eigenvalue weighted by Crippen LogP contribution is -2.62. The molecule has 5 rings (SSSR count). The lowest BCUT2D eigenvalue weighted by Gasteiger charge is -2.59. The van der Waals surface area contributed by atoms with Crippen LogP contribution in [0.15, 0.2) is 29.1 Å². The maximum Gasteiger partial charge on any atom is 0.161 e. The number of ether oxygens (including phenoxy) is 1. The summed E-state index contributed by atoms with van der Waals surface area (Å²) >= 11 is 0. The molecule has 0 spiro atoms. The van der Waals surface area contributed by atoms with Crippen molar-refractivity contribution in [2.75, 3.05) is 20.2 Å². The summed E-state index contributed by atoms with van der Waals surface area (Å²) in [4.78, 5) is 15.4. The number of likely N-dealkylation sites (tertiary alicyclic amines) is 1. The summed E-state index contributed by atoms with van der Waals surface area (Å²) in [6.45, 7) is 4.34. The Morgan fingerprint density at radius 1 is 1.40 bits per heavy atom. The van der Waals surface area contributed by atoms with Crippen LogP contribution in [0.4, 0.5) is 0 Å². The van der Waals surface area contributed by atoms with Gasteiger partial charge in [0.05, 0.1) is 19.6 Å². The molecule has 160 valence electrons. The number of rotatable bonds is 5. The Balaban J connectivity index is 1.73. The maximum absolute atomic E-state index is 12.7. The molecular formula is C25H31NO4. The van der Waals surface area contributed by atoms with E-state index in [0.29, 0.717) is 36.3 Å². The molecule has 1 saturated carbocycles. The number of ketones is 1. The van der Waals surface area contributed by atoms with Gasteiger partial charge in [-0.2, -0.15) is 0 Å². The lowest BCUT2D eigenvalue weighted by atomic mass is 9.51. The van der Waals surface area contributed by atoms with Crippen LogP contribution in [0.25, 0.3) is 11.1 Å². The summed E-state index contributed by atoms with van der Waals surface area (Å²) in [5.41, 5.74) is 3.92. The molecule has 2 bridgehead atoms. The quantitative estimate of drug-likeness (QED) is 0.776. The van der Waals surface area contributed by atoms with E-state index in [0.717, 1.165) is 49.0 Å². The molecule has 1 aromatic carbocycles. The molecule has 0 radical (unpaired) electrons. The van der Waals surface area contributed by atoms with E-state index in [1.165, 1.54) is 18.4 Å². The first-order chi connectivity index (χ1) is 14.6. The first-order valence-corrected chi connectivity index (χ1v) is 11.3. The second-order valence-electron chi connectivity index (χ2n) is 9.27. The number of benzene rings is 1. The normalized spacial score (nSPS) is 28.1. The van der Waals surface area contributed by atoms with Crippen LogP contribution in [0, 0.1) is 5.92 Å². The van der Waals surface area contributed by atoms with E-state index in [1.54, 1.807) is 19.6 Å². The Kier molecular flexibility index (Phi) is 4.89. The molecule has 2 unspecified atom stereocenters. The van der Waals surface area contributed by atoms with E-state index in [4.69, 9.17) is 9.15 Å². The van der Waals surface area contributed by atoms with Crippen LogP contribution in [0.1, 0.15) is 56.6 Å². The predicted octanol–water partition coefficient (Wildman–Crippen LogP) is 4.70. The van der Waals surface area contributed by atoms with Gasteiger partial charge >= 0.3 is 0 Å². The predicted molar refractivity (Wildman–Crippen MR) is 115 cm³/mol. The number of hydrogen-bond acceptors (Lipinski definition) is 5. The number of furan rings is 1. The highest BCUT2D eigenvalue weighted by Gasteiger charge is 2.57. The van der Waals surface area contributed by atoms with E-state index in [-0.39, 0.29) is 11.2 Å². The van der Waals surface area contributed by atoms with Crippen molar-refractivity contribution in [3.8, 4) is 22.6 Å². The fourth-order valence-electron chi connectivity index (χ4n) is 6.55. The zero-order valence-corrected chi connectivity index (χ0v) is 17.9. The maximum atomic E-state index is 12.7. The third-order valence-electron chi connectivity index (χ3n) is 7.87. The molecule has 2 aliphatic carbocycles. The van der Waals surface area contributed by atoms with E-state index in [2.05, 4.69) is 11.8 Å². The molecule has 1 aliphatic heterocycles. The molecule has 5 heteroatoms. The number of aromatic hydroxyl groups is 1.